The van der Waals surface area contributed by atoms with Crippen LogP contribution < -0.4 is 5.32 Å². The van der Waals surface area contributed by atoms with Crippen molar-refractivity contribution in [3.05, 3.63) is 29.8 Å². The van der Waals surface area contributed by atoms with Crippen molar-refractivity contribution >= 4 is 5.97 Å². The Bertz CT molecular complexity index is 428. The summed E-state index contributed by atoms with van der Waals surface area (Å²) in [6, 6.07) is 7.49. The second kappa shape index (κ2) is 8.67. The number of aliphatic carboxylic acids is 1. The van der Waals surface area contributed by atoms with E-state index in [4.69, 9.17) is 0 Å². The third-order valence-corrected chi connectivity index (χ3v) is 3.62. The van der Waals surface area contributed by atoms with Gasteiger partial charge in [0.1, 0.15) is 5.75 Å². The van der Waals surface area contributed by atoms with Gasteiger partial charge in [-0.1, -0.05) is 26.0 Å². The Morgan fingerprint density at radius 1 is 1.19 bits per heavy atom. The van der Waals surface area contributed by atoms with Crippen LogP contribution in [-0.2, 0) is 11.2 Å². The Morgan fingerprint density at radius 2 is 1.81 bits per heavy atom. The molecular formula is C17H27NO3. The fourth-order valence-electron chi connectivity index (χ4n) is 2.33. The van der Waals surface area contributed by atoms with Crippen molar-refractivity contribution in [2.75, 3.05) is 6.54 Å². The van der Waals surface area contributed by atoms with Crippen LogP contribution in [0, 0.1) is 11.8 Å². The minimum absolute atomic E-state index is 0.271. The normalized spacial score (nSPS) is 14.1. The number of hydrogen-bond acceptors (Lipinski definition) is 3. The number of carboxylic acids is 1. The van der Waals surface area contributed by atoms with Crippen LogP contribution >= 0.6 is 0 Å². The van der Waals surface area contributed by atoms with Gasteiger partial charge in [-0.2, -0.15) is 0 Å². The molecule has 118 valence electrons. The van der Waals surface area contributed by atoms with Gasteiger partial charge in [0.05, 0.1) is 5.92 Å². The zero-order valence-electron chi connectivity index (χ0n) is 13.2. The number of nitrogens with one attached hydrogen (secondary N) is 1. The highest BCUT2D eigenvalue weighted by Crippen LogP contribution is 2.13. The summed E-state index contributed by atoms with van der Waals surface area (Å²) in [6.07, 6.45) is 2.56. The van der Waals surface area contributed by atoms with Gasteiger partial charge in [-0.15, -0.1) is 0 Å². The first-order chi connectivity index (χ1) is 9.88. The van der Waals surface area contributed by atoms with Crippen LogP contribution in [0.1, 0.15) is 39.2 Å². The first kappa shape index (κ1) is 17.5. The molecule has 0 aliphatic carbocycles. The van der Waals surface area contributed by atoms with Gasteiger partial charge in [-0.25, -0.2) is 0 Å². The Hall–Kier alpha value is -1.55. The number of carboxylic acid groups (broad SMARTS) is 1. The summed E-state index contributed by atoms with van der Waals surface area (Å²) in [5.74, 6) is -0.369. The molecule has 4 nitrogen and oxygen atoms in total. The molecule has 1 aromatic carbocycles. The maximum absolute atomic E-state index is 11.2. The third kappa shape index (κ3) is 7.14. The summed E-state index contributed by atoms with van der Waals surface area (Å²) in [5.41, 5.74) is 1.18. The van der Waals surface area contributed by atoms with Crippen molar-refractivity contribution in [2.24, 2.45) is 11.8 Å². The van der Waals surface area contributed by atoms with Crippen molar-refractivity contribution in [3.8, 4) is 5.75 Å². The SMILES string of the molecule is CC(C)CC(CNC(C)CCc1ccc(O)cc1)C(=O)O. The predicted molar refractivity (Wildman–Crippen MR) is 84.5 cm³/mol. The molecule has 0 amide bonds. The summed E-state index contributed by atoms with van der Waals surface area (Å²) in [6.45, 7) is 6.69. The van der Waals surface area contributed by atoms with Gasteiger partial charge < -0.3 is 15.5 Å². The van der Waals surface area contributed by atoms with Crippen molar-refractivity contribution in [1.82, 2.24) is 5.32 Å². The second-order valence-corrected chi connectivity index (χ2v) is 6.18. The van der Waals surface area contributed by atoms with E-state index < -0.39 is 5.97 Å². The van der Waals surface area contributed by atoms with Gasteiger partial charge in [-0.3, -0.25) is 4.79 Å². The zero-order valence-corrected chi connectivity index (χ0v) is 13.2. The molecule has 2 unspecified atom stereocenters. The number of phenols is 1. The monoisotopic (exact) mass is 293 g/mol. The molecule has 0 saturated carbocycles. The number of rotatable bonds is 9. The molecule has 0 radical (unpaired) electrons. The first-order valence-corrected chi connectivity index (χ1v) is 7.62. The molecular weight excluding hydrogens is 266 g/mol. The molecule has 4 heteroatoms. The lowest BCUT2D eigenvalue weighted by molar-refractivity contribution is -0.142. The van der Waals surface area contributed by atoms with Crippen LogP contribution in [0.15, 0.2) is 24.3 Å². The Balaban J connectivity index is 2.33. The molecule has 0 fully saturated rings. The van der Waals surface area contributed by atoms with Gasteiger partial charge in [0, 0.05) is 12.6 Å². The van der Waals surface area contributed by atoms with Gasteiger partial charge in [0.2, 0.25) is 0 Å². The molecule has 0 aromatic heterocycles. The van der Waals surface area contributed by atoms with E-state index in [1.54, 1.807) is 12.1 Å². The highest BCUT2D eigenvalue weighted by atomic mass is 16.4. The first-order valence-electron chi connectivity index (χ1n) is 7.62. The lowest BCUT2D eigenvalue weighted by Crippen LogP contribution is -2.35. The summed E-state index contributed by atoms with van der Waals surface area (Å²) in [5, 5.41) is 21.8. The van der Waals surface area contributed by atoms with Crippen molar-refractivity contribution in [3.63, 3.8) is 0 Å². The van der Waals surface area contributed by atoms with Gasteiger partial charge in [0.15, 0.2) is 0 Å². The number of phenolic OH excluding ortho intramolecular Hbond substituents is 1. The molecule has 0 aliphatic heterocycles. The topological polar surface area (TPSA) is 69.6 Å². The number of aryl methyl sites for hydroxylation is 1. The second-order valence-electron chi connectivity index (χ2n) is 6.18. The van der Waals surface area contributed by atoms with Gasteiger partial charge in [0.25, 0.3) is 0 Å². The summed E-state index contributed by atoms with van der Waals surface area (Å²) < 4.78 is 0. The lowest BCUT2D eigenvalue weighted by atomic mass is 9.96. The van der Waals surface area contributed by atoms with Crippen LogP contribution in [0.4, 0.5) is 0 Å². The minimum Gasteiger partial charge on any atom is -0.508 e. The van der Waals surface area contributed by atoms with Crippen molar-refractivity contribution < 1.29 is 15.0 Å². The molecule has 0 spiro atoms. The average Bonchev–Trinajstić information content (AvgIpc) is 2.42. The van der Waals surface area contributed by atoms with E-state index in [1.807, 2.05) is 26.0 Å². The summed E-state index contributed by atoms with van der Waals surface area (Å²) >= 11 is 0. The Morgan fingerprint density at radius 3 is 2.33 bits per heavy atom. The van der Waals surface area contributed by atoms with Gasteiger partial charge in [-0.05, 0) is 49.8 Å². The molecule has 0 saturated heterocycles. The van der Waals surface area contributed by atoms with E-state index in [9.17, 15) is 15.0 Å². The smallest absolute Gasteiger partial charge is 0.307 e. The predicted octanol–water partition coefficient (Wildman–Crippen LogP) is 3.05. The molecule has 0 bridgehead atoms. The molecule has 0 heterocycles. The van der Waals surface area contributed by atoms with Crippen LogP contribution in [0.25, 0.3) is 0 Å². The van der Waals surface area contributed by atoms with Crippen LogP contribution in [0.5, 0.6) is 5.75 Å². The zero-order chi connectivity index (χ0) is 15.8. The van der Waals surface area contributed by atoms with E-state index in [2.05, 4.69) is 12.2 Å². The third-order valence-electron chi connectivity index (χ3n) is 3.62. The van der Waals surface area contributed by atoms with Crippen molar-refractivity contribution in [2.45, 2.75) is 46.1 Å². The maximum Gasteiger partial charge on any atom is 0.307 e. The Kier molecular flexibility index (Phi) is 7.23. The molecule has 21 heavy (non-hydrogen) atoms. The summed E-state index contributed by atoms with van der Waals surface area (Å²) in [4.78, 5) is 11.2. The largest absolute Gasteiger partial charge is 0.508 e. The highest BCUT2D eigenvalue weighted by Gasteiger charge is 2.19. The number of carbonyl (C=O) groups is 1. The number of benzene rings is 1. The quantitative estimate of drug-likeness (QED) is 0.654. The minimum atomic E-state index is -0.720. The fraction of sp³-hybridized carbons (Fsp3) is 0.588. The molecule has 0 aliphatic rings. The molecule has 3 N–H and O–H groups in total. The van der Waals surface area contributed by atoms with E-state index >= 15 is 0 Å². The molecule has 2 atom stereocenters. The fourth-order valence-corrected chi connectivity index (χ4v) is 2.33. The standard InChI is InChI=1S/C17H27NO3/c1-12(2)10-15(17(20)21)11-18-13(3)4-5-14-6-8-16(19)9-7-14/h6-9,12-13,15,18-19H,4-5,10-11H2,1-3H3,(H,20,21). The van der Waals surface area contributed by atoms with Crippen LogP contribution in [-0.4, -0.2) is 28.8 Å². The van der Waals surface area contributed by atoms with Crippen LogP contribution in [0.3, 0.4) is 0 Å². The highest BCUT2D eigenvalue weighted by molar-refractivity contribution is 5.70. The van der Waals surface area contributed by atoms with Crippen molar-refractivity contribution in [1.29, 1.82) is 0 Å². The number of hydrogen-bond donors (Lipinski definition) is 3. The molecule has 1 rings (SSSR count). The summed E-state index contributed by atoms with van der Waals surface area (Å²) in [7, 11) is 0. The van der Waals surface area contributed by atoms with Crippen LogP contribution in [0.2, 0.25) is 0 Å². The number of aromatic hydroxyl groups is 1. The van der Waals surface area contributed by atoms with E-state index in [-0.39, 0.29) is 17.7 Å². The van der Waals surface area contributed by atoms with E-state index in [0.717, 1.165) is 12.8 Å². The van der Waals surface area contributed by atoms with E-state index in [1.165, 1.54) is 5.56 Å². The Labute approximate surface area is 127 Å². The lowest BCUT2D eigenvalue weighted by Gasteiger charge is -2.19. The van der Waals surface area contributed by atoms with Gasteiger partial charge >= 0.3 is 5.97 Å². The van der Waals surface area contributed by atoms with E-state index in [0.29, 0.717) is 18.9 Å². The average molecular weight is 293 g/mol. The maximum atomic E-state index is 11.2. The molecule has 1 aromatic rings.